The summed E-state index contributed by atoms with van der Waals surface area (Å²) in [5.74, 6) is -5.26. The summed E-state index contributed by atoms with van der Waals surface area (Å²) in [6.45, 7) is 0.246. The van der Waals surface area contributed by atoms with Gasteiger partial charge in [-0.3, -0.25) is 4.79 Å². The molecule has 2 amide bonds. The lowest BCUT2D eigenvalue weighted by molar-refractivity contribution is -0.150. The number of alkyl halides is 4. The van der Waals surface area contributed by atoms with Gasteiger partial charge < -0.3 is 15.3 Å². The van der Waals surface area contributed by atoms with Gasteiger partial charge in [0.15, 0.2) is 0 Å². The van der Waals surface area contributed by atoms with Crippen molar-refractivity contribution in [2.45, 2.75) is 32.1 Å². The number of aliphatic carboxylic acids is 1. The van der Waals surface area contributed by atoms with Crippen molar-refractivity contribution in [2.24, 2.45) is 5.41 Å². The molecule has 0 aliphatic carbocycles. The first-order valence-electron chi connectivity index (χ1n) is 6.01. The minimum Gasteiger partial charge on any atom is -0.481 e. The maximum absolute atomic E-state index is 12.6. The van der Waals surface area contributed by atoms with Crippen LogP contribution < -0.4 is 5.32 Å². The number of urea groups is 1. The average Bonchev–Trinajstić information content (AvgIpc) is 2.36. The Labute approximate surface area is 112 Å². The quantitative estimate of drug-likeness (QED) is 0.778. The molecule has 5 nitrogen and oxygen atoms in total. The monoisotopic (exact) mass is 300 g/mol. The molecule has 1 aliphatic heterocycles. The van der Waals surface area contributed by atoms with E-state index in [0.29, 0.717) is 0 Å². The lowest BCUT2D eigenvalue weighted by Crippen LogP contribution is -2.51. The third-order valence-electron chi connectivity index (χ3n) is 3.47. The number of carboxylic acid groups (broad SMARTS) is 1. The fourth-order valence-corrected chi connectivity index (χ4v) is 1.80. The van der Waals surface area contributed by atoms with Crippen LogP contribution in [0.15, 0.2) is 0 Å². The number of nitrogens with one attached hydrogen (secondary N) is 1. The van der Waals surface area contributed by atoms with Crippen molar-refractivity contribution >= 4 is 12.0 Å². The Balaban J connectivity index is 2.46. The molecule has 0 bridgehead atoms. The molecule has 1 saturated heterocycles. The molecule has 1 aliphatic rings. The summed E-state index contributed by atoms with van der Waals surface area (Å²) in [6, 6.07) is -0.891. The maximum atomic E-state index is 12.6. The van der Waals surface area contributed by atoms with E-state index in [0.717, 1.165) is 4.90 Å². The van der Waals surface area contributed by atoms with Gasteiger partial charge in [0.25, 0.3) is 0 Å². The predicted octanol–water partition coefficient (Wildman–Crippen LogP) is 1.78. The third-order valence-corrected chi connectivity index (χ3v) is 3.47. The van der Waals surface area contributed by atoms with Crippen LogP contribution in [0.1, 0.15) is 19.8 Å². The van der Waals surface area contributed by atoms with Crippen LogP contribution in [0.4, 0.5) is 22.4 Å². The molecule has 20 heavy (non-hydrogen) atoms. The first-order valence-corrected chi connectivity index (χ1v) is 6.01. The van der Waals surface area contributed by atoms with Gasteiger partial charge in [-0.2, -0.15) is 8.78 Å². The Morgan fingerprint density at radius 2 is 1.85 bits per heavy atom. The normalized spacial score (nSPS) is 19.0. The van der Waals surface area contributed by atoms with Crippen LogP contribution in [-0.2, 0) is 4.79 Å². The molecule has 9 heteroatoms. The number of hydrogen-bond acceptors (Lipinski definition) is 2. The fraction of sp³-hybridized carbons (Fsp3) is 0.818. The Hall–Kier alpha value is -1.54. The van der Waals surface area contributed by atoms with Crippen LogP contribution in [0.25, 0.3) is 0 Å². The highest BCUT2D eigenvalue weighted by Gasteiger charge is 2.42. The molecule has 0 unspecified atom stereocenters. The zero-order chi connectivity index (χ0) is 15.6. The van der Waals surface area contributed by atoms with Crippen LogP contribution in [0.3, 0.4) is 0 Å². The molecule has 0 aromatic carbocycles. The van der Waals surface area contributed by atoms with Crippen molar-refractivity contribution in [1.82, 2.24) is 10.2 Å². The smallest absolute Gasteiger partial charge is 0.324 e. The van der Waals surface area contributed by atoms with Crippen LogP contribution in [0, 0.1) is 5.41 Å². The van der Waals surface area contributed by atoms with E-state index in [2.05, 4.69) is 0 Å². The predicted molar refractivity (Wildman–Crippen MR) is 60.9 cm³/mol. The van der Waals surface area contributed by atoms with E-state index in [-0.39, 0.29) is 25.9 Å². The largest absolute Gasteiger partial charge is 0.481 e. The van der Waals surface area contributed by atoms with Crippen LogP contribution in [0.5, 0.6) is 0 Å². The topological polar surface area (TPSA) is 69.6 Å². The number of carbonyl (C=O) groups is 2. The average molecular weight is 300 g/mol. The molecule has 0 spiro atoms. The van der Waals surface area contributed by atoms with Gasteiger partial charge in [-0.25, -0.2) is 13.6 Å². The van der Waals surface area contributed by atoms with Gasteiger partial charge in [-0.05, 0) is 19.8 Å². The van der Waals surface area contributed by atoms with E-state index in [9.17, 15) is 27.2 Å². The number of carboxylic acids is 1. The molecule has 0 atom stereocenters. The van der Waals surface area contributed by atoms with E-state index in [1.165, 1.54) is 6.92 Å². The summed E-state index contributed by atoms with van der Waals surface area (Å²) in [6.07, 6.45) is -3.48. The Bertz CT molecular complexity index is 382. The van der Waals surface area contributed by atoms with E-state index >= 15 is 0 Å². The summed E-state index contributed by atoms with van der Waals surface area (Å²) in [5.41, 5.74) is -0.955. The van der Waals surface area contributed by atoms with Crippen molar-refractivity contribution in [2.75, 3.05) is 19.6 Å². The van der Waals surface area contributed by atoms with Gasteiger partial charge in [0.2, 0.25) is 0 Å². The first-order chi connectivity index (χ1) is 9.08. The summed E-state index contributed by atoms with van der Waals surface area (Å²) >= 11 is 0. The number of likely N-dealkylation sites (tertiary alicyclic amines) is 1. The highest BCUT2D eigenvalue weighted by molar-refractivity contribution is 5.77. The second-order valence-electron chi connectivity index (χ2n) is 5.07. The molecule has 0 saturated carbocycles. The fourth-order valence-electron chi connectivity index (χ4n) is 1.80. The van der Waals surface area contributed by atoms with Crippen molar-refractivity contribution < 1.29 is 32.3 Å². The summed E-state index contributed by atoms with van der Waals surface area (Å²) in [7, 11) is 0. The number of rotatable bonds is 4. The zero-order valence-electron chi connectivity index (χ0n) is 10.8. The van der Waals surface area contributed by atoms with E-state index in [1.54, 1.807) is 5.32 Å². The Morgan fingerprint density at radius 1 is 1.35 bits per heavy atom. The van der Waals surface area contributed by atoms with E-state index < -0.39 is 36.3 Å². The lowest BCUT2D eigenvalue weighted by Gasteiger charge is -2.36. The molecule has 0 aromatic rings. The Kier molecular flexibility index (Phi) is 4.82. The number of nitrogens with zero attached hydrogens (tertiary/aromatic N) is 1. The van der Waals surface area contributed by atoms with Gasteiger partial charge >= 0.3 is 24.3 Å². The highest BCUT2D eigenvalue weighted by atomic mass is 19.3. The minimum absolute atomic E-state index is 0.0783. The molecule has 0 radical (unpaired) electrons. The second kappa shape index (κ2) is 5.84. The van der Waals surface area contributed by atoms with Gasteiger partial charge in [0.05, 0.1) is 12.0 Å². The number of hydrogen-bond donors (Lipinski definition) is 2. The molecular formula is C11H16F4N2O3. The SMILES string of the molecule is CC1(C(=O)O)CCN(C(=O)NCC(F)(F)C(F)F)CC1. The van der Waals surface area contributed by atoms with Gasteiger partial charge in [-0.15, -0.1) is 0 Å². The van der Waals surface area contributed by atoms with Gasteiger partial charge in [-0.1, -0.05) is 0 Å². The van der Waals surface area contributed by atoms with E-state index in [4.69, 9.17) is 5.11 Å². The first kappa shape index (κ1) is 16.5. The maximum Gasteiger partial charge on any atom is 0.324 e. The number of carbonyl (C=O) groups excluding carboxylic acids is 1. The number of amides is 2. The van der Waals surface area contributed by atoms with Crippen molar-refractivity contribution in [3.8, 4) is 0 Å². The molecule has 2 N–H and O–H groups in total. The van der Waals surface area contributed by atoms with Crippen LogP contribution >= 0.6 is 0 Å². The minimum atomic E-state index is -4.28. The second-order valence-corrected chi connectivity index (χ2v) is 5.07. The molecule has 116 valence electrons. The number of piperidine rings is 1. The van der Waals surface area contributed by atoms with Crippen molar-refractivity contribution in [3.63, 3.8) is 0 Å². The molecule has 1 fully saturated rings. The zero-order valence-corrected chi connectivity index (χ0v) is 10.8. The lowest BCUT2D eigenvalue weighted by atomic mass is 9.80. The molecule has 1 rings (SSSR count). The van der Waals surface area contributed by atoms with Crippen molar-refractivity contribution in [3.05, 3.63) is 0 Å². The van der Waals surface area contributed by atoms with Gasteiger partial charge in [0.1, 0.15) is 0 Å². The molecular weight excluding hydrogens is 284 g/mol. The van der Waals surface area contributed by atoms with Crippen molar-refractivity contribution in [1.29, 1.82) is 0 Å². The summed E-state index contributed by atoms with van der Waals surface area (Å²) < 4.78 is 49.1. The third kappa shape index (κ3) is 3.73. The molecule has 0 aromatic heterocycles. The van der Waals surface area contributed by atoms with E-state index in [1.807, 2.05) is 0 Å². The summed E-state index contributed by atoms with van der Waals surface area (Å²) in [5, 5.41) is 10.7. The standard InChI is InChI=1S/C11H16F4N2O3/c1-10(8(18)19)2-4-17(5-3-10)9(20)16-6-11(14,15)7(12)13/h7H,2-6H2,1H3,(H,16,20)(H,18,19). The van der Waals surface area contributed by atoms with Gasteiger partial charge in [0, 0.05) is 13.1 Å². The van der Waals surface area contributed by atoms with Crippen LogP contribution in [-0.4, -0.2) is 54.0 Å². The Morgan fingerprint density at radius 3 is 2.25 bits per heavy atom. The highest BCUT2D eigenvalue weighted by Crippen LogP contribution is 2.31. The van der Waals surface area contributed by atoms with Crippen LogP contribution in [0.2, 0.25) is 0 Å². The summed E-state index contributed by atoms with van der Waals surface area (Å²) in [4.78, 5) is 23.7. The molecule has 1 heterocycles. The number of halogens is 4.